The van der Waals surface area contributed by atoms with Gasteiger partial charge in [-0.05, 0) is 73.7 Å². The number of amides is 2. The standard InChI is InChI=1S/C25H24F3N3O5S/c1-3-36-22-11-7-20(8-12-22)30-24(33)16-31(21-6-4-5-18(15-21)25(26,27)28)37(34,35)23-13-9-19(10-14-23)29-17(2)32/h4-15H,3,16H2,1-2H3,(H,29,32)(H,30,33). The van der Waals surface area contributed by atoms with Gasteiger partial charge in [0.1, 0.15) is 12.3 Å². The Kier molecular flexibility index (Phi) is 8.43. The summed E-state index contributed by atoms with van der Waals surface area (Å²) in [7, 11) is -4.49. The summed E-state index contributed by atoms with van der Waals surface area (Å²) in [6.45, 7) is 2.74. The summed E-state index contributed by atoms with van der Waals surface area (Å²) in [5.74, 6) is -0.580. The third-order valence-corrected chi connectivity index (χ3v) is 6.75. The van der Waals surface area contributed by atoms with E-state index in [2.05, 4.69) is 10.6 Å². The number of rotatable bonds is 9. The first-order valence-corrected chi connectivity index (χ1v) is 12.4. The van der Waals surface area contributed by atoms with Gasteiger partial charge in [-0.25, -0.2) is 8.42 Å². The van der Waals surface area contributed by atoms with Crippen molar-refractivity contribution in [3.63, 3.8) is 0 Å². The number of carbonyl (C=O) groups is 2. The average Bonchev–Trinajstić information content (AvgIpc) is 2.83. The molecule has 0 radical (unpaired) electrons. The van der Waals surface area contributed by atoms with Gasteiger partial charge in [0.05, 0.1) is 22.8 Å². The van der Waals surface area contributed by atoms with E-state index in [4.69, 9.17) is 4.74 Å². The highest BCUT2D eigenvalue weighted by Crippen LogP contribution is 2.33. The fourth-order valence-corrected chi connectivity index (χ4v) is 4.74. The summed E-state index contributed by atoms with van der Waals surface area (Å²) in [5.41, 5.74) is -0.749. The van der Waals surface area contributed by atoms with Crippen molar-refractivity contribution < 1.29 is 35.9 Å². The second-order valence-electron chi connectivity index (χ2n) is 7.77. The highest BCUT2D eigenvalue weighted by atomic mass is 32.2. The highest BCUT2D eigenvalue weighted by molar-refractivity contribution is 7.92. The zero-order valence-electron chi connectivity index (χ0n) is 19.9. The molecule has 0 bridgehead atoms. The summed E-state index contributed by atoms with van der Waals surface area (Å²) in [6, 6.07) is 15.0. The summed E-state index contributed by atoms with van der Waals surface area (Å²) in [5, 5.41) is 5.03. The van der Waals surface area contributed by atoms with Gasteiger partial charge in [0, 0.05) is 18.3 Å². The number of nitrogens with zero attached hydrogens (tertiary/aromatic N) is 1. The fraction of sp³-hybridized carbons (Fsp3) is 0.200. The van der Waals surface area contributed by atoms with Gasteiger partial charge >= 0.3 is 6.18 Å². The molecular weight excluding hydrogens is 511 g/mol. The lowest BCUT2D eigenvalue weighted by molar-refractivity contribution is -0.137. The normalized spacial score (nSPS) is 11.5. The fourth-order valence-electron chi connectivity index (χ4n) is 3.33. The molecule has 0 aliphatic carbocycles. The molecule has 0 unspecified atom stereocenters. The van der Waals surface area contributed by atoms with Crippen LogP contribution >= 0.6 is 0 Å². The maximum atomic E-state index is 13.5. The molecule has 3 aromatic carbocycles. The Bertz CT molecular complexity index is 1360. The highest BCUT2D eigenvalue weighted by Gasteiger charge is 2.33. The molecule has 12 heteroatoms. The van der Waals surface area contributed by atoms with E-state index in [1.807, 2.05) is 6.92 Å². The molecule has 3 aromatic rings. The molecule has 196 valence electrons. The first-order chi connectivity index (χ1) is 17.4. The third kappa shape index (κ3) is 7.23. The van der Waals surface area contributed by atoms with Crippen LogP contribution in [0.2, 0.25) is 0 Å². The first-order valence-electron chi connectivity index (χ1n) is 11.0. The lowest BCUT2D eigenvalue weighted by Gasteiger charge is -2.25. The van der Waals surface area contributed by atoms with Crippen LogP contribution in [0, 0.1) is 0 Å². The molecule has 0 aliphatic heterocycles. The van der Waals surface area contributed by atoms with Crippen molar-refractivity contribution in [2.45, 2.75) is 24.9 Å². The number of carbonyl (C=O) groups excluding carboxylic acids is 2. The van der Waals surface area contributed by atoms with Gasteiger partial charge in [0.25, 0.3) is 10.0 Å². The van der Waals surface area contributed by atoms with Crippen LogP contribution in [0.3, 0.4) is 0 Å². The number of nitrogens with one attached hydrogen (secondary N) is 2. The quantitative estimate of drug-likeness (QED) is 0.406. The van der Waals surface area contributed by atoms with E-state index in [9.17, 15) is 31.2 Å². The molecule has 2 amide bonds. The third-order valence-electron chi connectivity index (χ3n) is 4.96. The van der Waals surface area contributed by atoms with Crippen LogP contribution in [-0.4, -0.2) is 33.4 Å². The molecule has 0 aliphatic rings. The molecular formula is C25H24F3N3O5S. The first kappa shape index (κ1) is 27.5. The van der Waals surface area contributed by atoms with Crippen LogP contribution in [0.1, 0.15) is 19.4 Å². The van der Waals surface area contributed by atoms with E-state index in [1.54, 1.807) is 24.3 Å². The Morgan fingerprint density at radius 1 is 0.919 bits per heavy atom. The molecule has 0 fully saturated rings. The minimum atomic E-state index is -4.73. The maximum absolute atomic E-state index is 13.5. The molecule has 0 atom stereocenters. The van der Waals surface area contributed by atoms with E-state index < -0.39 is 34.2 Å². The Morgan fingerprint density at radius 2 is 1.51 bits per heavy atom. The molecule has 3 rings (SSSR count). The van der Waals surface area contributed by atoms with Crippen molar-refractivity contribution >= 4 is 38.9 Å². The predicted molar refractivity (Wildman–Crippen MR) is 133 cm³/mol. The van der Waals surface area contributed by atoms with E-state index in [-0.39, 0.29) is 16.5 Å². The van der Waals surface area contributed by atoms with E-state index >= 15 is 0 Å². The number of halogens is 3. The van der Waals surface area contributed by atoms with Gasteiger partial charge < -0.3 is 15.4 Å². The zero-order chi connectivity index (χ0) is 27.2. The number of benzene rings is 3. The minimum Gasteiger partial charge on any atom is -0.494 e. The van der Waals surface area contributed by atoms with Crippen molar-refractivity contribution in [1.82, 2.24) is 0 Å². The zero-order valence-corrected chi connectivity index (χ0v) is 20.7. The van der Waals surface area contributed by atoms with Crippen LogP contribution in [0.4, 0.5) is 30.2 Å². The molecule has 0 saturated carbocycles. The summed E-state index contributed by atoms with van der Waals surface area (Å²) >= 11 is 0. The number of hydrogen-bond acceptors (Lipinski definition) is 5. The number of sulfonamides is 1. The van der Waals surface area contributed by atoms with Crippen molar-refractivity contribution in [3.05, 3.63) is 78.4 Å². The SMILES string of the molecule is CCOc1ccc(NC(=O)CN(c2cccc(C(F)(F)F)c2)S(=O)(=O)c2ccc(NC(C)=O)cc2)cc1. The predicted octanol–water partition coefficient (Wildman–Crippen LogP) is 4.90. The number of ether oxygens (including phenoxy) is 1. The van der Waals surface area contributed by atoms with Crippen LogP contribution in [0.5, 0.6) is 5.75 Å². The number of alkyl halides is 3. The Labute approximate surface area is 212 Å². The molecule has 0 aromatic heterocycles. The number of hydrogen-bond donors (Lipinski definition) is 2. The van der Waals surface area contributed by atoms with Crippen molar-refractivity contribution in [2.75, 3.05) is 28.1 Å². The van der Waals surface area contributed by atoms with Crippen molar-refractivity contribution in [2.24, 2.45) is 0 Å². The van der Waals surface area contributed by atoms with Crippen LogP contribution in [0.15, 0.2) is 77.7 Å². The van der Waals surface area contributed by atoms with Crippen molar-refractivity contribution in [1.29, 1.82) is 0 Å². The monoisotopic (exact) mass is 535 g/mol. The van der Waals surface area contributed by atoms with Crippen molar-refractivity contribution in [3.8, 4) is 5.75 Å². The summed E-state index contributed by atoms with van der Waals surface area (Å²) in [4.78, 5) is 23.8. The van der Waals surface area contributed by atoms with E-state index in [0.29, 0.717) is 34.1 Å². The van der Waals surface area contributed by atoms with E-state index in [0.717, 1.165) is 12.1 Å². The second-order valence-corrected chi connectivity index (χ2v) is 9.63. The average molecular weight is 536 g/mol. The molecule has 8 nitrogen and oxygen atoms in total. The number of anilines is 3. The lowest BCUT2D eigenvalue weighted by atomic mass is 10.2. The van der Waals surface area contributed by atoms with Gasteiger partial charge in [-0.15, -0.1) is 0 Å². The molecule has 2 N–H and O–H groups in total. The van der Waals surface area contributed by atoms with Crippen LogP contribution in [0.25, 0.3) is 0 Å². The Balaban J connectivity index is 1.95. The van der Waals surface area contributed by atoms with Gasteiger partial charge in [0.15, 0.2) is 0 Å². The van der Waals surface area contributed by atoms with Crippen LogP contribution < -0.4 is 19.7 Å². The second kappa shape index (κ2) is 11.3. The van der Waals surface area contributed by atoms with Gasteiger partial charge in [0.2, 0.25) is 11.8 Å². The molecule has 0 saturated heterocycles. The molecule has 0 spiro atoms. The van der Waals surface area contributed by atoms with Crippen LogP contribution in [-0.2, 0) is 25.8 Å². The maximum Gasteiger partial charge on any atom is 0.416 e. The van der Waals surface area contributed by atoms with E-state index in [1.165, 1.54) is 37.3 Å². The Hall–Kier alpha value is -4.06. The lowest BCUT2D eigenvalue weighted by Crippen LogP contribution is -2.38. The minimum absolute atomic E-state index is 0.284. The largest absolute Gasteiger partial charge is 0.494 e. The molecule has 37 heavy (non-hydrogen) atoms. The van der Waals surface area contributed by atoms with Gasteiger partial charge in [-0.3, -0.25) is 13.9 Å². The van der Waals surface area contributed by atoms with Gasteiger partial charge in [-0.2, -0.15) is 13.2 Å². The molecule has 0 heterocycles. The summed E-state index contributed by atoms with van der Waals surface area (Å²) in [6.07, 6.45) is -4.73. The Morgan fingerprint density at radius 3 is 2.08 bits per heavy atom. The van der Waals surface area contributed by atoms with Gasteiger partial charge in [-0.1, -0.05) is 6.07 Å². The summed E-state index contributed by atoms with van der Waals surface area (Å²) < 4.78 is 73.0. The smallest absolute Gasteiger partial charge is 0.416 e. The topological polar surface area (TPSA) is 105 Å².